The van der Waals surface area contributed by atoms with E-state index in [-0.39, 0.29) is 18.0 Å². The molecule has 0 aliphatic heterocycles. The normalized spacial score (nSPS) is 12.6. The van der Waals surface area contributed by atoms with Crippen molar-refractivity contribution in [3.63, 3.8) is 0 Å². The van der Waals surface area contributed by atoms with E-state index in [9.17, 15) is 22.8 Å². The molecule has 1 atom stereocenters. The standard InChI is InChI=1S/C15H20F3N3O3/c1-9(2)7-11(21-14(19)23)13(22)20-8-10-5-3-4-6-12(10)24-15(16,17)18/h3-6,9,11H,7-8H2,1-2H3,(H,20,22)(H3,19,21,23). The number of primary amides is 1. The van der Waals surface area contributed by atoms with Crippen LogP contribution in [0, 0.1) is 5.92 Å². The SMILES string of the molecule is CC(C)CC(NC(N)=O)C(=O)NCc1ccccc1OC(F)(F)F. The molecule has 24 heavy (non-hydrogen) atoms. The minimum Gasteiger partial charge on any atom is -0.405 e. The van der Waals surface area contributed by atoms with Crippen molar-refractivity contribution in [1.82, 2.24) is 10.6 Å². The van der Waals surface area contributed by atoms with Crippen LogP contribution in [0.1, 0.15) is 25.8 Å². The third-order valence-electron chi connectivity index (χ3n) is 2.99. The number of halogens is 3. The number of amides is 3. The van der Waals surface area contributed by atoms with Crippen molar-refractivity contribution in [3.8, 4) is 5.75 Å². The quantitative estimate of drug-likeness (QED) is 0.706. The number of benzene rings is 1. The van der Waals surface area contributed by atoms with Crippen LogP contribution in [0.3, 0.4) is 0 Å². The van der Waals surface area contributed by atoms with Gasteiger partial charge in [0.15, 0.2) is 0 Å². The predicted molar refractivity (Wildman–Crippen MR) is 80.9 cm³/mol. The summed E-state index contributed by atoms with van der Waals surface area (Å²) in [6.07, 6.45) is -4.48. The average Bonchev–Trinajstić information content (AvgIpc) is 2.42. The van der Waals surface area contributed by atoms with E-state index in [0.29, 0.717) is 6.42 Å². The lowest BCUT2D eigenvalue weighted by molar-refractivity contribution is -0.274. The number of ether oxygens (including phenoxy) is 1. The first kappa shape index (κ1) is 19.6. The number of carbonyl (C=O) groups excluding carboxylic acids is 2. The maximum atomic E-state index is 12.4. The molecule has 1 aromatic carbocycles. The molecular formula is C15H20F3N3O3. The van der Waals surface area contributed by atoms with Crippen LogP contribution < -0.4 is 21.1 Å². The summed E-state index contributed by atoms with van der Waals surface area (Å²) in [5.74, 6) is -0.827. The second-order valence-corrected chi connectivity index (χ2v) is 5.56. The molecule has 1 unspecified atom stereocenters. The number of hydrogen-bond donors (Lipinski definition) is 3. The maximum Gasteiger partial charge on any atom is 0.573 e. The van der Waals surface area contributed by atoms with E-state index in [0.717, 1.165) is 6.07 Å². The number of hydrogen-bond acceptors (Lipinski definition) is 3. The first-order valence-corrected chi connectivity index (χ1v) is 7.26. The summed E-state index contributed by atoms with van der Waals surface area (Å²) in [4.78, 5) is 23.1. The molecule has 9 heteroatoms. The Bertz CT molecular complexity index is 577. The van der Waals surface area contributed by atoms with E-state index >= 15 is 0 Å². The Hall–Kier alpha value is -2.45. The van der Waals surface area contributed by atoms with Gasteiger partial charge in [-0.2, -0.15) is 0 Å². The number of nitrogens with two attached hydrogens (primary N) is 1. The van der Waals surface area contributed by atoms with Crippen molar-refractivity contribution in [3.05, 3.63) is 29.8 Å². The summed E-state index contributed by atoms with van der Waals surface area (Å²) in [7, 11) is 0. The lowest BCUT2D eigenvalue weighted by atomic mass is 10.0. The monoisotopic (exact) mass is 347 g/mol. The van der Waals surface area contributed by atoms with Gasteiger partial charge in [0.05, 0.1) is 0 Å². The first-order chi connectivity index (χ1) is 11.1. The molecule has 1 rings (SSSR count). The van der Waals surface area contributed by atoms with Crippen molar-refractivity contribution < 1.29 is 27.5 Å². The maximum absolute atomic E-state index is 12.4. The summed E-state index contributed by atoms with van der Waals surface area (Å²) < 4.78 is 41.0. The van der Waals surface area contributed by atoms with Gasteiger partial charge in [-0.15, -0.1) is 13.2 Å². The van der Waals surface area contributed by atoms with Crippen LogP contribution in [0.4, 0.5) is 18.0 Å². The van der Waals surface area contributed by atoms with E-state index in [1.807, 2.05) is 13.8 Å². The minimum atomic E-state index is -4.83. The number of urea groups is 1. The number of nitrogens with one attached hydrogen (secondary N) is 2. The van der Waals surface area contributed by atoms with Crippen LogP contribution in [0.25, 0.3) is 0 Å². The zero-order valence-corrected chi connectivity index (χ0v) is 13.3. The van der Waals surface area contributed by atoms with Gasteiger partial charge in [0.2, 0.25) is 5.91 Å². The summed E-state index contributed by atoms with van der Waals surface area (Å²) >= 11 is 0. The smallest absolute Gasteiger partial charge is 0.405 e. The van der Waals surface area contributed by atoms with E-state index in [4.69, 9.17) is 5.73 Å². The zero-order valence-electron chi connectivity index (χ0n) is 13.3. The van der Waals surface area contributed by atoms with Gasteiger partial charge in [0.25, 0.3) is 0 Å². The van der Waals surface area contributed by atoms with Gasteiger partial charge in [-0.3, -0.25) is 4.79 Å². The van der Waals surface area contributed by atoms with Crippen LogP contribution in [-0.2, 0) is 11.3 Å². The Morgan fingerprint density at radius 2 is 1.88 bits per heavy atom. The van der Waals surface area contributed by atoms with Gasteiger partial charge in [-0.25, -0.2) is 4.79 Å². The minimum absolute atomic E-state index is 0.105. The van der Waals surface area contributed by atoms with Crippen LogP contribution in [0.5, 0.6) is 5.75 Å². The molecule has 0 bridgehead atoms. The largest absolute Gasteiger partial charge is 0.573 e. The lowest BCUT2D eigenvalue weighted by Gasteiger charge is -2.19. The van der Waals surface area contributed by atoms with Crippen LogP contribution in [0.2, 0.25) is 0 Å². The molecule has 0 aliphatic carbocycles. The number of alkyl halides is 3. The highest BCUT2D eigenvalue weighted by Crippen LogP contribution is 2.26. The average molecular weight is 347 g/mol. The van der Waals surface area contributed by atoms with Crippen molar-refractivity contribution >= 4 is 11.9 Å². The number of para-hydroxylation sites is 1. The Morgan fingerprint density at radius 1 is 1.25 bits per heavy atom. The Kier molecular flexibility index (Phi) is 6.87. The fourth-order valence-corrected chi connectivity index (χ4v) is 2.05. The highest BCUT2D eigenvalue weighted by Gasteiger charge is 2.32. The second-order valence-electron chi connectivity index (χ2n) is 5.56. The predicted octanol–water partition coefficient (Wildman–Crippen LogP) is 2.28. The van der Waals surface area contributed by atoms with Gasteiger partial charge in [0, 0.05) is 12.1 Å². The van der Waals surface area contributed by atoms with Crippen molar-refractivity contribution in [2.45, 2.75) is 39.2 Å². The van der Waals surface area contributed by atoms with Crippen LogP contribution in [0.15, 0.2) is 24.3 Å². The molecule has 0 saturated carbocycles. The topological polar surface area (TPSA) is 93.5 Å². The lowest BCUT2D eigenvalue weighted by Crippen LogP contribution is -2.49. The molecule has 0 aliphatic rings. The fraction of sp³-hybridized carbons (Fsp3) is 0.467. The Morgan fingerprint density at radius 3 is 2.42 bits per heavy atom. The Balaban J connectivity index is 2.76. The van der Waals surface area contributed by atoms with Crippen LogP contribution in [-0.4, -0.2) is 24.3 Å². The van der Waals surface area contributed by atoms with E-state index in [1.54, 1.807) is 0 Å². The van der Waals surface area contributed by atoms with E-state index in [1.165, 1.54) is 18.2 Å². The summed E-state index contributed by atoms with van der Waals surface area (Å²) in [5.41, 5.74) is 5.19. The molecule has 4 N–H and O–H groups in total. The third-order valence-corrected chi connectivity index (χ3v) is 2.99. The first-order valence-electron chi connectivity index (χ1n) is 7.26. The molecule has 1 aromatic rings. The molecule has 0 radical (unpaired) electrons. The molecule has 0 saturated heterocycles. The Labute approximate surface area is 137 Å². The van der Waals surface area contributed by atoms with Gasteiger partial charge in [-0.1, -0.05) is 32.0 Å². The molecular weight excluding hydrogens is 327 g/mol. The van der Waals surface area contributed by atoms with Crippen LogP contribution >= 0.6 is 0 Å². The highest BCUT2D eigenvalue weighted by atomic mass is 19.4. The second kappa shape index (κ2) is 8.42. The van der Waals surface area contributed by atoms with E-state index < -0.39 is 30.1 Å². The van der Waals surface area contributed by atoms with Crippen molar-refractivity contribution in [2.75, 3.05) is 0 Å². The summed E-state index contributed by atoms with van der Waals surface area (Å²) in [5, 5.41) is 4.80. The van der Waals surface area contributed by atoms with Crippen molar-refractivity contribution in [2.24, 2.45) is 11.7 Å². The fourth-order valence-electron chi connectivity index (χ4n) is 2.05. The highest BCUT2D eigenvalue weighted by molar-refractivity contribution is 5.86. The molecule has 0 fully saturated rings. The van der Waals surface area contributed by atoms with Gasteiger partial charge in [-0.05, 0) is 18.4 Å². The zero-order chi connectivity index (χ0) is 18.3. The molecule has 134 valence electrons. The molecule has 0 spiro atoms. The van der Waals surface area contributed by atoms with E-state index in [2.05, 4.69) is 15.4 Å². The van der Waals surface area contributed by atoms with Gasteiger partial charge >= 0.3 is 12.4 Å². The molecule has 6 nitrogen and oxygen atoms in total. The molecule has 0 heterocycles. The molecule has 3 amide bonds. The number of carbonyl (C=O) groups is 2. The third kappa shape index (κ3) is 7.21. The summed E-state index contributed by atoms with van der Waals surface area (Å²) in [6.45, 7) is 3.53. The summed E-state index contributed by atoms with van der Waals surface area (Å²) in [6, 6.07) is 3.76. The number of rotatable bonds is 7. The van der Waals surface area contributed by atoms with Crippen molar-refractivity contribution in [1.29, 1.82) is 0 Å². The van der Waals surface area contributed by atoms with Gasteiger partial charge < -0.3 is 21.1 Å². The molecule has 0 aromatic heterocycles. The van der Waals surface area contributed by atoms with Gasteiger partial charge in [0.1, 0.15) is 11.8 Å².